The van der Waals surface area contributed by atoms with Gasteiger partial charge in [0, 0.05) is 12.4 Å². The molecule has 0 aliphatic rings. The summed E-state index contributed by atoms with van der Waals surface area (Å²) in [6.07, 6.45) is 2.42. The van der Waals surface area contributed by atoms with E-state index in [4.69, 9.17) is 10.8 Å². The SMILES string of the molecule is Cc1cncc(C(=O)NC(CC(N)=O)C(=O)O)c1. The minimum absolute atomic E-state index is 0.228. The molecule has 4 N–H and O–H groups in total. The second-order valence-corrected chi connectivity index (χ2v) is 3.79. The lowest BCUT2D eigenvalue weighted by molar-refractivity contribution is -0.140. The Hall–Kier alpha value is -2.44. The van der Waals surface area contributed by atoms with Crippen LogP contribution in [0.5, 0.6) is 0 Å². The molecule has 18 heavy (non-hydrogen) atoms. The molecule has 96 valence electrons. The third-order valence-corrected chi connectivity index (χ3v) is 2.15. The van der Waals surface area contributed by atoms with Gasteiger partial charge in [-0.15, -0.1) is 0 Å². The van der Waals surface area contributed by atoms with Crippen LogP contribution in [0.15, 0.2) is 18.5 Å². The normalized spacial score (nSPS) is 11.6. The van der Waals surface area contributed by atoms with E-state index in [1.54, 1.807) is 19.2 Å². The number of pyridine rings is 1. The van der Waals surface area contributed by atoms with Crippen molar-refractivity contribution < 1.29 is 19.5 Å². The Morgan fingerprint density at radius 2 is 2.11 bits per heavy atom. The molecule has 0 saturated heterocycles. The fourth-order valence-corrected chi connectivity index (χ4v) is 1.32. The minimum atomic E-state index is -1.34. The standard InChI is InChI=1S/C11H13N3O4/c1-6-2-7(5-13-4-6)10(16)14-8(11(17)18)3-9(12)15/h2,4-5,8H,3H2,1H3,(H2,12,15)(H,14,16)(H,17,18). The number of amides is 2. The maximum atomic E-state index is 11.7. The summed E-state index contributed by atoms with van der Waals surface area (Å²) >= 11 is 0. The van der Waals surface area contributed by atoms with Gasteiger partial charge in [0.25, 0.3) is 5.91 Å². The number of carboxylic acid groups (broad SMARTS) is 1. The Labute approximate surface area is 103 Å². The number of aromatic nitrogens is 1. The van der Waals surface area contributed by atoms with Gasteiger partial charge in [-0.25, -0.2) is 4.79 Å². The van der Waals surface area contributed by atoms with Crippen molar-refractivity contribution in [3.63, 3.8) is 0 Å². The zero-order chi connectivity index (χ0) is 13.7. The highest BCUT2D eigenvalue weighted by molar-refractivity contribution is 5.97. The summed E-state index contributed by atoms with van der Waals surface area (Å²) < 4.78 is 0. The summed E-state index contributed by atoms with van der Waals surface area (Å²) in [6, 6.07) is 0.224. The highest BCUT2D eigenvalue weighted by atomic mass is 16.4. The van der Waals surface area contributed by atoms with E-state index in [0.717, 1.165) is 5.56 Å². The molecule has 2 amide bonds. The third-order valence-electron chi connectivity index (χ3n) is 2.15. The van der Waals surface area contributed by atoms with Gasteiger partial charge in [-0.3, -0.25) is 14.6 Å². The van der Waals surface area contributed by atoms with E-state index in [1.807, 2.05) is 0 Å². The summed E-state index contributed by atoms with van der Waals surface area (Å²) in [4.78, 5) is 37.1. The van der Waals surface area contributed by atoms with Crippen molar-refractivity contribution in [1.82, 2.24) is 10.3 Å². The van der Waals surface area contributed by atoms with Crippen LogP contribution in [0.25, 0.3) is 0 Å². The second kappa shape index (κ2) is 5.76. The lowest BCUT2D eigenvalue weighted by Gasteiger charge is -2.12. The number of nitrogens with one attached hydrogen (secondary N) is 1. The van der Waals surface area contributed by atoms with Crippen molar-refractivity contribution in [3.8, 4) is 0 Å². The van der Waals surface area contributed by atoms with Crippen LogP contribution in [0.2, 0.25) is 0 Å². The molecular formula is C11H13N3O4. The predicted octanol–water partition coefficient (Wildman–Crippen LogP) is -0.552. The fourth-order valence-electron chi connectivity index (χ4n) is 1.32. The van der Waals surface area contributed by atoms with Crippen LogP contribution < -0.4 is 11.1 Å². The Balaban J connectivity index is 2.78. The van der Waals surface area contributed by atoms with Crippen molar-refractivity contribution in [2.75, 3.05) is 0 Å². The topological polar surface area (TPSA) is 122 Å². The summed E-state index contributed by atoms with van der Waals surface area (Å²) in [5.74, 6) is -2.73. The molecule has 0 aliphatic heterocycles. The van der Waals surface area contributed by atoms with Gasteiger partial charge in [0.2, 0.25) is 5.91 Å². The number of nitrogens with two attached hydrogens (primary N) is 1. The molecule has 0 fully saturated rings. The number of nitrogens with zero attached hydrogens (tertiary/aromatic N) is 1. The van der Waals surface area contributed by atoms with Crippen LogP contribution in [0.1, 0.15) is 22.3 Å². The first kappa shape index (κ1) is 13.6. The summed E-state index contributed by atoms with van der Waals surface area (Å²) in [5, 5.41) is 11.0. The molecular weight excluding hydrogens is 238 g/mol. The van der Waals surface area contributed by atoms with Gasteiger partial charge in [0.15, 0.2) is 0 Å². The summed E-state index contributed by atoms with van der Waals surface area (Å²) in [7, 11) is 0. The van der Waals surface area contributed by atoms with E-state index in [9.17, 15) is 14.4 Å². The molecule has 7 heteroatoms. The number of primary amides is 1. The lowest BCUT2D eigenvalue weighted by atomic mass is 10.1. The Kier molecular flexibility index (Phi) is 4.36. The lowest BCUT2D eigenvalue weighted by Crippen LogP contribution is -2.43. The number of carbonyl (C=O) groups is 3. The Morgan fingerprint density at radius 1 is 1.44 bits per heavy atom. The maximum absolute atomic E-state index is 11.7. The first-order valence-corrected chi connectivity index (χ1v) is 5.13. The monoisotopic (exact) mass is 251 g/mol. The zero-order valence-corrected chi connectivity index (χ0v) is 9.71. The van der Waals surface area contributed by atoms with Crippen LogP contribution in [0.4, 0.5) is 0 Å². The number of carboxylic acids is 1. The molecule has 0 saturated carbocycles. The average Bonchev–Trinajstić information content (AvgIpc) is 2.27. The van der Waals surface area contributed by atoms with Gasteiger partial charge < -0.3 is 16.2 Å². The van der Waals surface area contributed by atoms with Crippen LogP contribution in [0, 0.1) is 6.92 Å². The number of aliphatic carboxylic acids is 1. The van der Waals surface area contributed by atoms with Crippen molar-refractivity contribution in [2.45, 2.75) is 19.4 Å². The van der Waals surface area contributed by atoms with Gasteiger partial charge >= 0.3 is 5.97 Å². The van der Waals surface area contributed by atoms with E-state index >= 15 is 0 Å². The third kappa shape index (κ3) is 3.85. The molecule has 1 aromatic rings. The van der Waals surface area contributed by atoms with Crippen molar-refractivity contribution in [1.29, 1.82) is 0 Å². The predicted molar refractivity (Wildman–Crippen MR) is 61.7 cm³/mol. The molecule has 0 spiro atoms. The maximum Gasteiger partial charge on any atom is 0.326 e. The molecule has 1 rings (SSSR count). The van der Waals surface area contributed by atoms with Crippen LogP contribution in [-0.2, 0) is 9.59 Å². The molecule has 0 bridgehead atoms. The van der Waals surface area contributed by atoms with Gasteiger partial charge in [-0.2, -0.15) is 0 Å². The molecule has 1 atom stereocenters. The smallest absolute Gasteiger partial charge is 0.326 e. The van der Waals surface area contributed by atoms with Gasteiger partial charge in [0.1, 0.15) is 6.04 Å². The quantitative estimate of drug-likeness (QED) is 0.648. The summed E-state index contributed by atoms with van der Waals surface area (Å²) in [6.45, 7) is 1.75. The highest BCUT2D eigenvalue weighted by Crippen LogP contribution is 2.02. The Bertz CT molecular complexity index is 487. The van der Waals surface area contributed by atoms with E-state index in [0.29, 0.717) is 0 Å². The number of carbonyl (C=O) groups excluding carboxylic acids is 2. The van der Waals surface area contributed by atoms with E-state index in [1.165, 1.54) is 6.20 Å². The molecule has 1 heterocycles. The molecule has 1 aromatic heterocycles. The van der Waals surface area contributed by atoms with E-state index in [-0.39, 0.29) is 5.56 Å². The zero-order valence-electron chi connectivity index (χ0n) is 9.71. The van der Waals surface area contributed by atoms with E-state index < -0.39 is 30.2 Å². The van der Waals surface area contributed by atoms with Crippen LogP contribution in [0.3, 0.4) is 0 Å². The first-order chi connectivity index (χ1) is 8.40. The van der Waals surface area contributed by atoms with Crippen LogP contribution >= 0.6 is 0 Å². The molecule has 0 aliphatic carbocycles. The number of hydrogen-bond acceptors (Lipinski definition) is 4. The summed E-state index contributed by atoms with van der Waals surface area (Å²) in [5.41, 5.74) is 5.90. The fraction of sp³-hybridized carbons (Fsp3) is 0.273. The van der Waals surface area contributed by atoms with Crippen molar-refractivity contribution in [3.05, 3.63) is 29.6 Å². The van der Waals surface area contributed by atoms with Gasteiger partial charge in [-0.05, 0) is 18.6 Å². The molecule has 7 nitrogen and oxygen atoms in total. The molecule has 1 unspecified atom stereocenters. The number of aryl methyl sites for hydroxylation is 1. The Morgan fingerprint density at radius 3 is 2.61 bits per heavy atom. The molecule has 0 radical (unpaired) electrons. The average molecular weight is 251 g/mol. The largest absolute Gasteiger partial charge is 0.480 e. The minimum Gasteiger partial charge on any atom is -0.480 e. The first-order valence-electron chi connectivity index (χ1n) is 5.13. The number of rotatable bonds is 5. The van der Waals surface area contributed by atoms with Crippen molar-refractivity contribution >= 4 is 17.8 Å². The highest BCUT2D eigenvalue weighted by Gasteiger charge is 2.22. The van der Waals surface area contributed by atoms with Crippen molar-refractivity contribution in [2.24, 2.45) is 5.73 Å². The van der Waals surface area contributed by atoms with Crippen LogP contribution in [-0.4, -0.2) is 33.9 Å². The van der Waals surface area contributed by atoms with Gasteiger partial charge in [0.05, 0.1) is 12.0 Å². The van der Waals surface area contributed by atoms with E-state index in [2.05, 4.69) is 10.3 Å². The van der Waals surface area contributed by atoms with Gasteiger partial charge in [-0.1, -0.05) is 0 Å². The number of hydrogen-bond donors (Lipinski definition) is 3. The second-order valence-electron chi connectivity index (χ2n) is 3.79. The molecule has 0 aromatic carbocycles.